The van der Waals surface area contributed by atoms with Crippen LogP contribution in [0.5, 0.6) is 0 Å². The first-order chi connectivity index (χ1) is 12.0. The quantitative estimate of drug-likeness (QED) is 0.840. The first-order valence-electron chi connectivity index (χ1n) is 8.38. The Bertz CT molecular complexity index is 784. The summed E-state index contributed by atoms with van der Waals surface area (Å²) in [5.74, 6) is 0. The van der Waals surface area contributed by atoms with Crippen LogP contribution in [0.25, 0.3) is 0 Å². The molecule has 0 bridgehead atoms. The zero-order valence-electron chi connectivity index (χ0n) is 14.2. The van der Waals surface area contributed by atoms with Crippen LogP contribution in [0.15, 0.2) is 59.8 Å². The lowest BCUT2D eigenvalue weighted by Crippen LogP contribution is -2.43. The summed E-state index contributed by atoms with van der Waals surface area (Å²) >= 11 is 0. The van der Waals surface area contributed by atoms with Crippen LogP contribution in [0, 0.1) is 0 Å². The molecule has 7 heteroatoms. The van der Waals surface area contributed by atoms with E-state index in [2.05, 4.69) is 9.88 Å². The summed E-state index contributed by atoms with van der Waals surface area (Å²) in [5, 5.41) is 10.5. The van der Waals surface area contributed by atoms with Gasteiger partial charge in [-0.2, -0.15) is 4.31 Å². The van der Waals surface area contributed by atoms with Gasteiger partial charge >= 0.3 is 0 Å². The molecule has 1 N–H and O–H groups in total. The van der Waals surface area contributed by atoms with Gasteiger partial charge in [-0.15, -0.1) is 0 Å². The van der Waals surface area contributed by atoms with E-state index in [1.807, 2.05) is 19.1 Å². The summed E-state index contributed by atoms with van der Waals surface area (Å²) in [6.07, 6.45) is 2.76. The second-order valence-electron chi connectivity index (χ2n) is 6.19. The average Bonchev–Trinajstić information content (AvgIpc) is 3.04. The molecule has 1 aliphatic rings. The van der Waals surface area contributed by atoms with E-state index in [-0.39, 0.29) is 24.0 Å². The third-order valence-electron chi connectivity index (χ3n) is 4.62. The van der Waals surface area contributed by atoms with Crippen LogP contribution < -0.4 is 0 Å². The molecule has 1 fully saturated rings. The Labute approximate surface area is 148 Å². The number of aliphatic hydroxyl groups excluding tert-OH is 1. The smallest absolute Gasteiger partial charge is 0.243 e. The Balaban J connectivity index is 1.76. The molecule has 2 aromatic rings. The Hall–Kier alpha value is -1.80. The van der Waals surface area contributed by atoms with Crippen molar-refractivity contribution in [3.8, 4) is 0 Å². The molecule has 1 aromatic carbocycles. The lowest BCUT2D eigenvalue weighted by atomic mass is 10.1. The minimum Gasteiger partial charge on any atom is -0.390 e. The van der Waals surface area contributed by atoms with Gasteiger partial charge in [0.2, 0.25) is 10.0 Å². The molecule has 1 aromatic heterocycles. The van der Waals surface area contributed by atoms with E-state index >= 15 is 0 Å². The largest absolute Gasteiger partial charge is 0.390 e. The maximum absolute atomic E-state index is 12.8. The summed E-state index contributed by atoms with van der Waals surface area (Å²) in [6, 6.07) is 12.0. The Morgan fingerprint density at radius 2 is 1.84 bits per heavy atom. The predicted molar refractivity (Wildman–Crippen MR) is 95.3 cm³/mol. The molecule has 1 aliphatic heterocycles. The number of aromatic nitrogens is 1. The van der Waals surface area contributed by atoms with Gasteiger partial charge in [-0.3, -0.25) is 9.88 Å². The minimum absolute atomic E-state index is 0.120. The van der Waals surface area contributed by atoms with Crippen molar-refractivity contribution in [2.75, 3.05) is 19.6 Å². The molecule has 1 saturated heterocycles. The molecule has 0 amide bonds. The number of nitrogens with zero attached hydrogens (tertiary/aromatic N) is 3. The van der Waals surface area contributed by atoms with Crippen molar-refractivity contribution in [1.29, 1.82) is 0 Å². The van der Waals surface area contributed by atoms with E-state index in [0.717, 1.165) is 12.1 Å². The van der Waals surface area contributed by atoms with Crippen molar-refractivity contribution < 1.29 is 13.5 Å². The van der Waals surface area contributed by atoms with Gasteiger partial charge in [-0.05, 0) is 36.4 Å². The summed E-state index contributed by atoms with van der Waals surface area (Å²) in [7, 11) is -3.58. The van der Waals surface area contributed by atoms with Crippen LogP contribution in [0.2, 0.25) is 0 Å². The Kier molecular flexibility index (Phi) is 5.48. The maximum Gasteiger partial charge on any atom is 0.243 e. The van der Waals surface area contributed by atoms with E-state index < -0.39 is 16.1 Å². The lowest BCUT2D eigenvalue weighted by molar-refractivity contribution is 0.0817. The highest BCUT2D eigenvalue weighted by Gasteiger charge is 2.40. The lowest BCUT2D eigenvalue weighted by Gasteiger charge is -2.29. The van der Waals surface area contributed by atoms with Crippen LogP contribution in [0.3, 0.4) is 0 Å². The number of hydrogen-bond acceptors (Lipinski definition) is 5. The van der Waals surface area contributed by atoms with Gasteiger partial charge < -0.3 is 5.11 Å². The van der Waals surface area contributed by atoms with E-state index in [4.69, 9.17) is 0 Å². The fourth-order valence-corrected chi connectivity index (χ4v) is 4.72. The molecule has 0 spiro atoms. The number of aliphatic hydroxyl groups is 1. The number of rotatable bonds is 6. The van der Waals surface area contributed by atoms with Crippen molar-refractivity contribution in [3.05, 3.63) is 60.4 Å². The van der Waals surface area contributed by atoms with Crippen molar-refractivity contribution in [1.82, 2.24) is 14.2 Å². The molecule has 134 valence electrons. The molecule has 2 atom stereocenters. The summed E-state index contributed by atoms with van der Waals surface area (Å²) in [4.78, 5) is 6.39. The van der Waals surface area contributed by atoms with E-state index in [1.54, 1.807) is 42.7 Å². The second-order valence-corrected chi connectivity index (χ2v) is 8.13. The number of pyridine rings is 1. The van der Waals surface area contributed by atoms with Crippen molar-refractivity contribution >= 4 is 10.0 Å². The molecule has 0 aliphatic carbocycles. The normalized spacial score (nSPS) is 21.7. The number of hydrogen-bond donors (Lipinski definition) is 1. The van der Waals surface area contributed by atoms with Gasteiger partial charge in [0.05, 0.1) is 17.0 Å². The van der Waals surface area contributed by atoms with Crippen LogP contribution in [-0.2, 0) is 16.6 Å². The van der Waals surface area contributed by atoms with Gasteiger partial charge in [-0.25, -0.2) is 8.42 Å². The third-order valence-corrected chi connectivity index (χ3v) is 6.46. The standard InChI is InChI=1S/C18H23N3O3S/c1-2-20(12-15-8-10-19-11-9-15)17-13-21(14-18(17)22)25(23,24)16-6-4-3-5-7-16/h3-11,17-18,22H,2,12-14H2,1H3/t17-,18-/m0/s1. The fraction of sp³-hybridized carbons (Fsp3) is 0.389. The fourth-order valence-electron chi connectivity index (χ4n) is 3.22. The third kappa shape index (κ3) is 3.90. The van der Waals surface area contributed by atoms with Crippen molar-refractivity contribution in [2.45, 2.75) is 30.5 Å². The van der Waals surface area contributed by atoms with Crippen molar-refractivity contribution in [2.24, 2.45) is 0 Å². The summed E-state index contributed by atoms with van der Waals surface area (Å²) < 4.78 is 26.9. The van der Waals surface area contributed by atoms with Gasteiger partial charge in [0.25, 0.3) is 0 Å². The van der Waals surface area contributed by atoms with Crippen LogP contribution >= 0.6 is 0 Å². The Morgan fingerprint density at radius 1 is 1.16 bits per heavy atom. The highest BCUT2D eigenvalue weighted by molar-refractivity contribution is 7.89. The summed E-state index contributed by atoms with van der Waals surface area (Å²) in [5.41, 5.74) is 1.09. The SMILES string of the molecule is CCN(Cc1ccncc1)[C@H]1CN(S(=O)(=O)c2ccccc2)C[C@@H]1O. The first kappa shape index (κ1) is 18.0. The van der Waals surface area contributed by atoms with E-state index in [1.165, 1.54) is 4.31 Å². The van der Waals surface area contributed by atoms with Crippen LogP contribution in [-0.4, -0.2) is 59.5 Å². The topological polar surface area (TPSA) is 73.7 Å². The summed E-state index contributed by atoms with van der Waals surface area (Å²) in [6.45, 7) is 3.80. The van der Waals surface area contributed by atoms with Crippen molar-refractivity contribution in [3.63, 3.8) is 0 Å². The molecular formula is C18H23N3O3S. The monoisotopic (exact) mass is 361 g/mol. The minimum atomic E-state index is -3.58. The van der Waals surface area contributed by atoms with Gasteiger partial charge in [0, 0.05) is 32.0 Å². The number of β-amino-alcohol motifs (C(OH)–C–C–N with tert-alkyl or cyclic N) is 1. The molecule has 0 radical (unpaired) electrons. The maximum atomic E-state index is 12.8. The van der Waals surface area contributed by atoms with Gasteiger partial charge in [-0.1, -0.05) is 25.1 Å². The highest BCUT2D eigenvalue weighted by atomic mass is 32.2. The Morgan fingerprint density at radius 3 is 2.48 bits per heavy atom. The predicted octanol–water partition coefficient (Wildman–Crippen LogP) is 1.34. The average molecular weight is 361 g/mol. The molecular weight excluding hydrogens is 338 g/mol. The zero-order chi connectivity index (χ0) is 17.9. The van der Waals surface area contributed by atoms with Gasteiger partial charge in [0.1, 0.15) is 0 Å². The molecule has 25 heavy (non-hydrogen) atoms. The van der Waals surface area contributed by atoms with Gasteiger partial charge in [0.15, 0.2) is 0 Å². The van der Waals surface area contributed by atoms with Crippen LogP contribution in [0.4, 0.5) is 0 Å². The molecule has 0 unspecified atom stereocenters. The number of likely N-dealkylation sites (N-methyl/N-ethyl adjacent to an activating group) is 1. The highest BCUT2D eigenvalue weighted by Crippen LogP contribution is 2.25. The number of sulfonamides is 1. The number of benzene rings is 1. The first-order valence-corrected chi connectivity index (χ1v) is 9.82. The zero-order valence-corrected chi connectivity index (χ0v) is 15.0. The molecule has 2 heterocycles. The second kappa shape index (κ2) is 7.61. The van der Waals surface area contributed by atoms with Crippen LogP contribution in [0.1, 0.15) is 12.5 Å². The molecule has 0 saturated carbocycles. The molecule has 3 rings (SSSR count). The van der Waals surface area contributed by atoms with E-state index in [0.29, 0.717) is 6.54 Å². The van der Waals surface area contributed by atoms with E-state index in [9.17, 15) is 13.5 Å². The molecule has 6 nitrogen and oxygen atoms in total.